The molecule has 2 aliphatic rings. The average molecular weight is 378 g/mol. The van der Waals surface area contributed by atoms with Gasteiger partial charge in [0.25, 0.3) is 5.16 Å². The molecule has 1 aliphatic heterocycles. The topological polar surface area (TPSA) is 64.8 Å². The minimum atomic E-state index is -4.04. The van der Waals surface area contributed by atoms with Crippen LogP contribution in [0.3, 0.4) is 0 Å². The molecule has 4 rings (SSSR count). The lowest BCUT2D eigenvalue weighted by Crippen LogP contribution is -2.14. The molecule has 10 heteroatoms. The van der Waals surface area contributed by atoms with Crippen LogP contribution in [0.4, 0.5) is 13.2 Å². The van der Waals surface area contributed by atoms with E-state index in [0.29, 0.717) is 0 Å². The number of halogens is 4. The quantitative estimate of drug-likeness (QED) is 0.825. The molecule has 1 fully saturated rings. The highest BCUT2D eigenvalue weighted by molar-refractivity contribution is 7.92. The number of hydrogen-bond acceptors (Lipinski definition) is 4. The first-order valence-electron chi connectivity index (χ1n) is 7.23. The van der Waals surface area contributed by atoms with Gasteiger partial charge in [-0.25, -0.2) is 26.3 Å². The van der Waals surface area contributed by atoms with Crippen molar-refractivity contribution in [1.29, 1.82) is 0 Å². The van der Waals surface area contributed by atoms with E-state index in [2.05, 4.69) is 10.1 Å². The molecule has 0 N–H and O–H groups in total. The van der Waals surface area contributed by atoms with E-state index in [-0.39, 0.29) is 29.3 Å². The fourth-order valence-corrected chi connectivity index (χ4v) is 4.62. The third kappa shape index (κ3) is 2.25. The van der Waals surface area contributed by atoms with Gasteiger partial charge in [-0.15, -0.1) is 5.10 Å². The van der Waals surface area contributed by atoms with Crippen LogP contribution in [0.15, 0.2) is 23.4 Å². The van der Waals surface area contributed by atoms with Gasteiger partial charge in [0.05, 0.1) is 11.1 Å². The standard InChI is InChI=1S/C14H11ClF3N3O2S/c15-7-3-1-2-6(12(7)18)10-4-9(17)13-19-14(20-21(10)13)24(22,23)11-5-8(11)16/h1-3,8-11H,4-5H2/t8-,9+,10+,11?/m1/s1. The van der Waals surface area contributed by atoms with Crippen LogP contribution in [0.2, 0.25) is 5.02 Å². The van der Waals surface area contributed by atoms with Gasteiger partial charge in [0.15, 0.2) is 12.0 Å². The summed E-state index contributed by atoms with van der Waals surface area (Å²) in [5.41, 5.74) is 0.104. The molecule has 1 saturated carbocycles. The number of alkyl halides is 2. The highest BCUT2D eigenvalue weighted by Crippen LogP contribution is 2.43. The van der Waals surface area contributed by atoms with E-state index < -0.39 is 44.4 Å². The normalized spacial score (nSPS) is 28.8. The Morgan fingerprint density at radius 3 is 2.62 bits per heavy atom. The smallest absolute Gasteiger partial charge is 0.246 e. The Balaban J connectivity index is 1.78. The molecule has 2 heterocycles. The summed E-state index contributed by atoms with van der Waals surface area (Å²) in [4.78, 5) is 3.73. The van der Waals surface area contributed by atoms with Crippen molar-refractivity contribution >= 4 is 21.4 Å². The maximum atomic E-state index is 14.2. The largest absolute Gasteiger partial charge is 0.267 e. The third-order valence-electron chi connectivity index (χ3n) is 4.30. The summed E-state index contributed by atoms with van der Waals surface area (Å²) in [7, 11) is -4.04. The Bertz CT molecular complexity index is 933. The Morgan fingerprint density at radius 1 is 1.25 bits per heavy atom. The van der Waals surface area contributed by atoms with Gasteiger partial charge < -0.3 is 0 Å². The lowest BCUT2D eigenvalue weighted by Gasteiger charge is -2.13. The minimum Gasteiger partial charge on any atom is -0.246 e. The molecule has 0 radical (unpaired) electrons. The van der Waals surface area contributed by atoms with Gasteiger partial charge in [-0.2, -0.15) is 4.98 Å². The van der Waals surface area contributed by atoms with Crippen LogP contribution in [0.25, 0.3) is 0 Å². The van der Waals surface area contributed by atoms with Gasteiger partial charge in [-0.05, 0) is 12.5 Å². The van der Waals surface area contributed by atoms with Crippen LogP contribution in [0, 0.1) is 5.82 Å². The molecular formula is C14H11ClF3N3O2S. The Morgan fingerprint density at radius 2 is 1.96 bits per heavy atom. The van der Waals surface area contributed by atoms with Crippen molar-refractivity contribution in [3.05, 3.63) is 40.4 Å². The van der Waals surface area contributed by atoms with Crippen molar-refractivity contribution in [2.24, 2.45) is 0 Å². The zero-order chi connectivity index (χ0) is 17.2. The molecule has 4 atom stereocenters. The van der Waals surface area contributed by atoms with E-state index in [1.165, 1.54) is 18.2 Å². The summed E-state index contributed by atoms with van der Waals surface area (Å²) in [6.45, 7) is 0. The van der Waals surface area contributed by atoms with E-state index >= 15 is 0 Å². The molecule has 1 aliphatic carbocycles. The fourth-order valence-electron chi connectivity index (χ4n) is 2.92. The second kappa shape index (κ2) is 5.19. The maximum Gasteiger partial charge on any atom is 0.267 e. The van der Waals surface area contributed by atoms with E-state index in [9.17, 15) is 21.6 Å². The summed E-state index contributed by atoms with van der Waals surface area (Å²) in [5.74, 6) is -0.913. The van der Waals surface area contributed by atoms with Crippen molar-refractivity contribution in [1.82, 2.24) is 14.8 Å². The molecule has 0 bridgehead atoms. The van der Waals surface area contributed by atoms with Crippen LogP contribution in [-0.2, 0) is 9.84 Å². The molecule has 1 unspecified atom stereocenters. The van der Waals surface area contributed by atoms with Gasteiger partial charge >= 0.3 is 0 Å². The van der Waals surface area contributed by atoms with Crippen molar-refractivity contribution in [3.63, 3.8) is 0 Å². The predicted octanol–water partition coefficient (Wildman–Crippen LogP) is 2.96. The maximum absolute atomic E-state index is 14.2. The predicted molar refractivity (Wildman–Crippen MR) is 78.5 cm³/mol. The summed E-state index contributed by atoms with van der Waals surface area (Å²) in [6, 6.07) is 3.44. The van der Waals surface area contributed by atoms with Gasteiger partial charge in [0.2, 0.25) is 9.84 Å². The monoisotopic (exact) mass is 377 g/mol. The van der Waals surface area contributed by atoms with Crippen LogP contribution >= 0.6 is 11.6 Å². The molecule has 5 nitrogen and oxygen atoms in total. The second-order valence-electron chi connectivity index (χ2n) is 5.89. The van der Waals surface area contributed by atoms with Gasteiger partial charge in [-0.3, -0.25) is 0 Å². The van der Waals surface area contributed by atoms with E-state index in [1.54, 1.807) is 0 Å². The molecule has 0 spiro atoms. The van der Waals surface area contributed by atoms with Gasteiger partial charge in [0.1, 0.15) is 17.2 Å². The summed E-state index contributed by atoms with van der Waals surface area (Å²) < 4.78 is 67.0. The number of sulfone groups is 1. The lowest BCUT2D eigenvalue weighted by atomic mass is 10.0. The fraction of sp³-hybridized carbons (Fsp3) is 0.429. The Labute approximate surface area is 140 Å². The first-order chi connectivity index (χ1) is 11.3. The first-order valence-corrected chi connectivity index (χ1v) is 9.15. The van der Waals surface area contributed by atoms with Crippen molar-refractivity contribution in [3.8, 4) is 0 Å². The summed E-state index contributed by atoms with van der Waals surface area (Å²) >= 11 is 5.75. The molecule has 0 saturated heterocycles. The van der Waals surface area contributed by atoms with Crippen molar-refractivity contribution in [2.45, 2.75) is 41.6 Å². The molecule has 2 aromatic rings. The van der Waals surface area contributed by atoms with E-state index in [4.69, 9.17) is 11.6 Å². The zero-order valence-corrected chi connectivity index (χ0v) is 13.6. The Kier molecular flexibility index (Phi) is 3.44. The number of hydrogen-bond donors (Lipinski definition) is 0. The number of fused-ring (bicyclic) bond motifs is 1. The summed E-state index contributed by atoms with van der Waals surface area (Å²) in [5, 5.41) is 1.92. The molecule has 0 amide bonds. The van der Waals surface area contributed by atoms with Gasteiger partial charge in [0, 0.05) is 12.0 Å². The lowest BCUT2D eigenvalue weighted by molar-refractivity contribution is 0.325. The van der Waals surface area contributed by atoms with Crippen LogP contribution in [0.1, 0.15) is 36.4 Å². The molecule has 24 heavy (non-hydrogen) atoms. The van der Waals surface area contributed by atoms with Crippen LogP contribution in [0.5, 0.6) is 0 Å². The second-order valence-corrected chi connectivity index (χ2v) is 8.36. The third-order valence-corrected chi connectivity index (χ3v) is 6.55. The average Bonchev–Trinajstić information content (AvgIpc) is 2.99. The number of nitrogens with zero attached hydrogens (tertiary/aromatic N) is 3. The highest BCUT2D eigenvalue weighted by atomic mass is 35.5. The number of aromatic nitrogens is 3. The minimum absolute atomic E-state index is 0.104. The molecule has 1 aromatic heterocycles. The molecule has 1 aromatic carbocycles. The van der Waals surface area contributed by atoms with Crippen LogP contribution in [-0.4, -0.2) is 34.6 Å². The van der Waals surface area contributed by atoms with Gasteiger partial charge in [-0.1, -0.05) is 23.7 Å². The van der Waals surface area contributed by atoms with Crippen molar-refractivity contribution in [2.75, 3.05) is 0 Å². The van der Waals surface area contributed by atoms with Crippen LogP contribution < -0.4 is 0 Å². The Hall–Kier alpha value is -1.61. The zero-order valence-electron chi connectivity index (χ0n) is 12.0. The number of rotatable bonds is 3. The number of benzene rings is 1. The molecule has 128 valence electrons. The highest BCUT2D eigenvalue weighted by Gasteiger charge is 2.51. The SMILES string of the molecule is O=S(=O)(c1nc2n(n1)[C@H](c1cccc(Cl)c1F)C[C@@H]2F)C1C[C@H]1F. The van der Waals surface area contributed by atoms with Crippen molar-refractivity contribution < 1.29 is 21.6 Å². The van der Waals surface area contributed by atoms with E-state index in [0.717, 1.165) is 4.68 Å². The summed E-state index contributed by atoms with van der Waals surface area (Å²) in [6.07, 6.45) is -3.28. The first kappa shape index (κ1) is 15.9. The molecular weight excluding hydrogens is 367 g/mol. The van der Waals surface area contributed by atoms with E-state index in [1.807, 2.05) is 0 Å².